The number of hydrogen-bond donors (Lipinski definition) is 4. The maximum atomic E-state index is 14.2. The Morgan fingerprint density at radius 2 is 1.61 bits per heavy atom. The molecule has 8 nitrogen and oxygen atoms in total. The highest BCUT2D eigenvalue weighted by molar-refractivity contribution is 6.02. The van der Waals surface area contributed by atoms with Crippen LogP contribution >= 0.6 is 0 Å². The number of nitrogens with zero attached hydrogens (tertiary/aromatic N) is 1. The van der Waals surface area contributed by atoms with Gasteiger partial charge in [-0.15, -0.1) is 0 Å². The van der Waals surface area contributed by atoms with Crippen LogP contribution < -0.4 is 16.8 Å². The number of amides is 2. The molecule has 0 aliphatic heterocycles. The predicted octanol–water partition coefficient (Wildman–Crippen LogP) is 3.07. The molecule has 0 spiro atoms. The molecule has 202 valence electrons. The standard InChI is InChI=1S/C30H39N5O3/c1-19(2)27(37)34-25(17-21-18-33-24-15-11-10-14-22(21)24)26(36)30(5,32)23(16-20-12-8-7-9-13-20)28(38)35(6)29(3,4)31/h7-15,18,23,25,33H,1,16-17,31-32H2,2-6H3,(H,34,37)/t23-,25-,30?/m1/s1. The Morgan fingerprint density at radius 1 is 1.00 bits per heavy atom. The van der Waals surface area contributed by atoms with Crippen LogP contribution in [0.15, 0.2) is 72.9 Å². The monoisotopic (exact) mass is 517 g/mol. The van der Waals surface area contributed by atoms with Crippen molar-refractivity contribution < 1.29 is 14.4 Å². The fourth-order valence-corrected chi connectivity index (χ4v) is 4.48. The second-order valence-electron chi connectivity index (χ2n) is 10.8. The lowest BCUT2D eigenvalue weighted by Crippen LogP contribution is -2.65. The molecular formula is C30H39N5O3. The maximum absolute atomic E-state index is 14.2. The molecule has 8 heteroatoms. The minimum absolute atomic E-state index is 0.194. The highest BCUT2D eigenvalue weighted by atomic mass is 16.2. The molecule has 1 heterocycles. The third-order valence-electron chi connectivity index (χ3n) is 7.14. The average Bonchev–Trinajstić information content (AvgIpc) is 3.28. The largest absolute Gasteiger partial charge is 0.361 e. The van der Waals surface area contributed by atoms with Gasteiger partial charge >= 0.3 is 0 Å². The van der Waals surface area contributed by atoms with Crippen LogP contribution in [0.4, 0.5) is 0 Å². The van der Waals surface area contributed by atoms with Gasteiger partial charge in [0.1, 0.15) is 0 Å². The summed E-state index contributed by atoms with van der Waals surface area (Å²) in [6.07, 6.45) is 2.25. The quantitative estimate of drug-likeness (QED) is 0.229. The summed E-state index contributed by atoms with van der Waals surface area (Å²) in [7, 11) is 1.60. The van der Waals surface area contributed by atoms with Gasteiger partial charge in [0.25, 0.3) is 0 Å². The Bertz CT molecular complexity index is 1320. The normalized spacial score (nSPS) is 14.8. The van der Waals surface area contributed by atoms with Crippen LogP contribution in [0, 0.1) is 5.92 Å². The third kappa shape index (κ3) is 6.38. The van der Waals surface area contributed by atoms with Crippen molar-refractivity contribution >= 4 is 28.5 Å². The Kier molecular flexibility index (Phi) is 8.59. The zero-order valence-electron chi connectivity index (χ0n) is 22.9. The zero-order valence-corrected chi connectivity index (χ0v) is 22.9. The van der Waals surface area contributed by atoms with Crippen molar-refractivity contribution in [3.05, 3.63) is 84.1 Å². The number of nitrogens with two attached hydrogens (primary N) is 2. The molecule has 0 aliphatic rings. The summed E-state index contributed by atoms with van der Waals surface area (Å²) in [4.78, 5) is 45.3. The second-order valence-corrected chi connectivity index (χ2v) is 10.8. The van der Waals surface area contributed by atoms with Gasteiger partial charge in [-0.05, 0) is 51.3 Å². The predicted molar refractivity (Wildman–Crippen MR) is 151 cm³/mol. The molecule has 6 N–H and O–H groups in total. The number of carbonyl (C=O) groups is 3. The number of H-pyrrole nitrogens is 1. The number of ketones is 1. The summed E-state index contributed by atoms with van der Waals surface area (Å²) in [5, 5.41) is 3.75. The van der Waals surface area contributed by atoms with Crippen LogP contribution in [0.5, 0.6) is 0 Å². The number of rotatable bonds is 11. The Morgan fingerprint density at radius 3 is 2.21 bits per heavy atom. The van der Waals surface area contributed by atoms with Crippen molar-refractivity contribution in [1.29, 1.82) is 0 Å². The van der Waals surface area contributed by atoms with Crippen molar-refractivity contribution in [1.82, 2.24) is 15.2 Å². The van der Waals surface area contributed by atoms with E-state index in [-0.39, 0.29) is 24.3 Å². The van der Waals surface area contributed by atoms with Gasteiger partial charge in [0, 0.05) is 36.1 Å². The van der Waals surface area contributed by atoms with Crippen LogP contribution in [-0.2, 0) is 27.2 Å². The third-order valence-corrected chi connectivity index (χ3v) is 7.14. The Hall–Kier alpha value is -3.75. The number of fused-ring (bicyclic) bond motifs is 1. The lowest BCUT2D eigenvalue weighted by Gasteiger charge is -2.40. The van der Waals surface area contributed by atoms with Crippen LogP contribution in [0.2, 0.25) is 0 Å². The molecule has 0 radical (unpaired) electrons. The first-order valence-electron chi connectivity index (χ1n) is 12.7. The van der Waals surface area contributed by atoms with Gasteiger partial charge in [-0.3, -0.25) is 14.4 Å². The van der Waals surface area contributed by atoms with E-state index in [1.807, 2.05) is 60.8 Å². The number of nitrogens with one attached hydrogen (secondary N) is 2. The first-order chi connectivity index (χ1) is 17.7. The van der Waals surface area contributed by atoms with Gasteiger partial charge in [0.05, 0.1) is 23.2 Å². The van der Waals surface area contributed by atoms with E-state index >= 15 is 0 Å². The van der Waals surface area contributed by atoms with Crippen molar-refractivity contribution in [3.8, 4) is 0 Å². The summed E-state index contributed by atoms with van der Waals surface area (Å²) in [5.74, 6) is -2.19. The number of aromatic nitrogens is 1. The molecule has 0 aliphatic carbocycles. The van der Waals surface area contributed by atoms with E-state index in [2.05, 4.69) is 16.9 Å². The number of Topliss-reactive ketones (excluding diaryl/α,β-unsaturated/α-hetero) is 1. The fraction of sp³-hybridized carbons (Fsp3) is 0.367. The average molecular weight is 518 g/mol. The van der Waals surface area contributed by atoms with E-state index in [1.54, 1.807) is 34.7 Å². The minimum Gasteiger partial charge on any atom is -0.361 e. The van der Waals surface area contributed by atoms with Gasteiger partial charge in [-0.25, -0.2) is 0 Å². The summed E-state index contributed by atoms with van der Waals surface area (Å²) in [6.45, 7) is 10.3. The van der Waals surface area contributed by atoms with Crippen molar-refractivity contribution in [2.24, 2.45) is 17.4 Å². The van der Waals surface area contributed by atoms with E-state index in [4.69, 9.17) is 11.5 Å². The maximum Gasteiger partial charge on any atom is 0.246 e. The van der Waals surface area contributed by atoms with E-state index in [1.165, 1.54) is 4.90 Å². The highest BCUT2D eigenvalue weighted by Gasteiger charge is 2.47. The Balaban J connectivity index is 2.03. The van der Waals surface area contributed by atoms with Gasteiger partial charge in [0.15, 0.2) is 5.78 Å². The SMILES string of the molecule is C=C(C)C(=O)N[C@H](Cc1c[nH]c2ccccc12)C(=O)C(C)(N)[C@H](Cc1ccccc1)C(=O)N(C)C(C)(C)N. The number of carbonyl (C=O) groups excluding carboxylic acids is 3. The van der Waals surface area contributed by atoms with Crippen LogP contribution in [0.1, 0.15) is 38.8 Å². The van der Waals surface area contributed by atoms with Crippen LogP contribution in [0.25, 0.3) is 10.9 Å². The smallest absolute Gasteiger partial charge is 0.246 e. The van der Waals surface area contributed by atoms with Gasteiger partial charge in [-0.1, -0.05) is 55.1 Å². The molecule has 3 atom stereocenters. The van der Waals surface area contributed by atoms with Crippen molar-refractivity contribution in [2.75, 3.05) is 7.05 Å². The molecule has 3 rings (SSSR count). The molecular weight excluding hydrogens is 478 g/mol. The van der Waals surface area contributed by atoms with E-state index < -0.39 is 34.9 Å². The molecule has 0 saturated heterocycles. The van der Waals surface area contributed by atoms with Gasteiger partial charge < -0.3 is 26.7 Å². The van der Waals surface area contributed by atoms with Crippen LogP contribution in [0.3, 0.4) is 0 Å². The van der Waals surface area contributed by atoms with Crippen molar-refractivity contribution in [3.63, 3.8) is 0 Å². The first kappa shape index (κ1) is 28.8. The fourth-order valence-electron chi connectivity index (χ4n) is 4.48. The molecule has 0 saturated carbocycles. The molecule has 38 heavy (non-hydrogen) atoms. The summed E-state index contributed by atoms with van der Waals surface area (Å²) >= 11 is 0. The number of para-hydroxylation sites is 1. The number of hydrogen-bond acceptors (Lipinski definition) is 5. The second kappa shape index (κ2) is 11.3. The summed E-state index contributed by atoms with van der Waals surface area (Å²) in [6, 6.07) is 16.1. The topological polar surface area (TPSA) is 134 Å². The minimum atomic E-state index is -1.63. The van der Waals surface area contributed by atoms with E-state index in [0.717, 1.165) is 22.0 Å². The Labute approximate surface area is 224 Å². The highest BCUT2D eigenvalue weighted by Crippen LogP contribution is 2.28. The summed E-state index contributed by atoms with van der Waals surface area (Å²) < 4.78 is 0. The van der Waals surface area contributed by atoms with Gasteiger partial charge in [-0.2, -0.15) is 0 Å². The van der Waals surface area contributed by atoms with Crippen molar-refractivity contribution in [2.45, 2.75) is 57.8 Å². The molecule has 1 unspecified atom stereocenters. The number of aromatic amines is 1. The molecule has 2 amide bonds. The van der Waals surface area contributed by atoms with E-state index in [0.29, 0.717) is 0 Å². The van der Waals surface area contributed by atoms with Gasteiger partial charge in [0.2, 0.25) is 11.8 Å². The first-order valence-corrected chi connectivity index (χ1v) is 12.7. The zero-order chi connectivity index (χ0) is 28.3. The molecule has 0 bridgehead atoms. The van der Waals surface area contributed by atoms with Crippen LogP contribution in [-0.4, -0.2) is 51.8 Å². The number of benzene rings is 2. The van der Waals surface area contributed by atoms with E-state index in [9.17, 15) is 14.4 Å². The summed E-state index contributed by atoms with van der Waals surface area (Å²) in [5.41, 5.74) is 13.3. The molecule has 0 fully saturated rings. The lowest BCUT2D eigenvalue weighted by atomic mass is 9.75. The molecule has 3 aromatic rings. The molecule has 2 aromatic carbocycles. The molecule has 1 aromatic heterocycles. The lowest BCUT2D eigenvalue weighted by molar-refractivity contribution is -0.145.